The molecule has 1 amide bonds. The van der Waals surface area contributed by atoms with Crippen molar-refractivity contribution in [3.8, 4) is 17.2 Å². The Morgan fingerprint density at radius 1 is 1.03 bits per heavy atom. The zero-order valence-corrected chi connectivity index (χ0v) is 15.8. The summed E-state index contributed by atoms with van der Waals surface area (Å²) in [6.45, 7) is 2.07. The summed E-state index contributed by atoms with van der Waals surface area (Å²) in [5.41, 5.74) is 0.881. The summed E-state index contributed by atoms with van der Waals surface area (Å²) in [5, 5.41) is 2.74. The highest BCUT2D eigenvalue weighted by Gasteiger charge is 2.14. The van der Waals surface area contributed by atoms with Gasteiger partial charge in [-0.05, 0) is 36.2 Å². The molecule has 8 nitrogen and oxygen atoms in total. The van der Waals surface area contributed by atoms with Crippen LogP contribution in [-0.4, -0.2) is 21.8 Å². The topological polar surface area (TPSA) is 91.6 Å². The quantitative estimate of drug-likeness (QED) is 0.661. The molecule has 0 atom stereocenters. The largest absolute Gasteiger partial charge is 0.454 e. The molecule has 8 heteroatoms. The first-order valence-electron chi connectivity index (χ1n) is 9.06. The predicted molar refractivity (Wildman–Crippen MR) is 105 cm³/mol. The lowest BCUT2D eigenvalue weighted by atomic mass is 10.2. The Morgan fingerprint density at radius 2 is 1.83 bits per heavy atom. The Hall–Kier alpha value is -3.81. The van der Waals surface area contributed by atoms with Crippen molar-refractivity contribution >= 4 is 5.91 Å². The average Bonchev–Trinajstić information content (AvgIpc) is 3.19. The lowest BCUT2D eigenvalue weighted by Gasteiger charge is -2.11. The van der Waals surface area contributed by atoms with E-state index in [4.69, 9.17) is 9.47 Å². The molecular formula is C21H19N3O5. The van der Waals surface area contributed by atoms with Gasteiger partial charge >= 0.3 is 11.1 Å². The maximum atomic E-state index is 12.5. The number of rotatable bonds is 5. The fourth-order valence-corrected chi connectivity index (χ4v) is 3.12. The van der Waals surface area contributed by atoms with Crippen molar-refractivity contribution in [3.63, 3.8) is 0 Å². The zero-order chi connectivity index (χ0) is 20.4. The first-order valence-corrected chi connectivity index (χ1v) is 9.06. The van der Waals surface area contributed by atoms with Gasteiger partial charge in [-0.25, -0.2) is 0 Å². The highest BCUT2D eigenvalue weighted by Crippen LogP contribution is 2.32. The normalized spacial score (nSPS) is 12.0. The number of hydrogen-bond donors (Lipinski definition) is 1. The molecule has 3 aromatic rings. The van der Waals surface area contributed by atoms with Gasteiger partial charge in [-0.2, -0.15) is 0 Å². The van der Waals surface area contributed by atoms with Crippen LogP contribution in [0.2, 0.25) is 0 Å². The van der Waals surface area contributed by atoms with Crippen LogP contribution in [0.3, 0.4) is 0 Å². The molecule has 0 aliphatic carbocycles. The fourth-order valence-electron chi connectivity index (χ4n) is 3.12. The maximum absolute atomic E-state index is 12.5. The molecule has 0 saturated carbocycles. The third kappa shape index (κ3) is 3.77. The summed E-state index contributed by atoms with van der Waals surface area (Å²) in [6.07, 6.45) is 2.94. The molecule has 0 spiro atoms. The van der Waals surface area contributed by atoms with Crippen LogP contribution in [0, 0.1) is 6.92 Å². The van der Waals surface area contributed by atoms with E-state index in [0.717, 1.165) is 15.7 Å². The van der Waals surface area contributed by atoms with Crippen LogP contribution in [0.25, 0.3) is 5.69 Å². The summed E-state index contributed by atoms with van der Waals surface area (Å²) in [6, 6.07) is 12.7. The zero-order valence-electron chi connectivity index (χ0n) is 15.8. The number of ether oxygens (including phenoxy) is 2. The Labute approximate surface area is 165 Å². The number of para-hydroxylation sites is 1. The summed E-state index contributed by atoms with van der Waals surface area (Å²) >= 11 is 0. The van der Waals surface area contributed by atoms with E-state index in [1.54, 1.807) is 24.3 Å². The first-order chi connectivity index (χ1) is 14.0. The Morgan fingerprint density at radius 3 is 2.66 bits per heavy atom. The Kier molecular flexibility index (Phi) is 4.90. The highest BCUT2D eigenvalue weighted by atomic mass is 16.7. The minimum atomic E-state index is -0.756. The van der Waals surface area contributed by atoms with E-state index < -0.39 is 11.1 Å². The molecular weight excluding hydrogens is 374 g/mol. The summed E-state index contributed by atoms with van der Waals surface area (Å²) in [7, 11) is 0. The number of nitrogens with one attached hydrogen (secondary N) is 1. The Balaban J connectivity index is 1.46. The second-order valence-electron chi connectivity index (χ2n) is 6.66. The lowest BCUT2D eigenvalue weighted by molar-refractivity contribution is -0.121. The summed E-state index contributed by atoms with van der Waals surface area (Å²) in [4.78, 5) is 37.2. The van der Waals surface area contributed by atoms with Crippen molar-refractivity contribution in [2.75, 3.05) is 6.79 Å². The second-order valence-corrected chi connectivity index (χ2v) is 6.66. The van der Waals surface area contributed by atoms with Gasteiger partial charge in [0.05, 0.1) is 5.69 Å². The SMILES string of the molecule is Cc1ccccc1-n1ccn(CC(=O)NCc2ccc3c(c2)OCO3)c(=O)c1=O. The molecule has 0 radical (unpaired) electrons. The third-order valence-corrected chi connectivity index (χ3v) is 4.67. The van der Waals surface area contributed by atoms with E-state index >= 15 is 0 Å². The number of aryl methyl sites for hydroxylation is 1. The fraction of sp³-hybridized carbons (Fsp3) is 0.190. The number of amides is 1. The van der Waals surface area contributed by atoms with Crippen molar-refractivity contribution in [1.82, 2.24) is 14.5 Å². The smallest absolute Gasteiger partial charge is 0.320 e. The third-order valence-electron chi connectivity index (χ3n) is 4.67. The van der Waals surface area contributed by atoms with Crippen molar-refractivity contribution < 1.29 is 14.3 Å². The molecule has 1 aliphatic rings. The number of aromatic nitrogens is 2. The van der Waals surface area contributed by atoms with E-state index in [9.17, 15) is 14.4 Å². The van der Waals surface area contributed by atoms with E-state index in [1.165, 1.54) is 17.0 Å². The van der Waals surface area contributed by atoms with Crippen LogP contribution in [0.15, 0.2) is 64.4 Å². The Bertz CT molecular complexity index is 1200. The molecule has 1 aliphatic heterocycles. The predicted octanol–water partition coefficient (Wildman–Crippen LogP) is 1.35. The monoisotopic (exact) mass is 393 g/mol. The molecule has 0 fully saturated rings. The van der Waals surface area contributed by atoms with Crippen LogP contribution < -0.4 is 25.9 Å². The minimum Gasteiger partial charge on any atom is -0.454 e. The maximum Gasteiger partial charge on any atom is 0.320 e. The number of hydrogen-bond acceptors (Lipinski definition) is 5. The van der Waals surface area contributed by atoms with Crippen molar-refractivity contribution in [2.45, 2.75) is 20.0 Å². The first kappa shape index (κ1) is 18.5. The number of carbonyl (C=O) groups excluding carboxylic acids is 1. The van der Waals surface area contributed by atoms with E-state index in [2.05, 4.69) is 5.32 Å². The molecule has 2 heterocycles. The van der Waals surface area contributed by atoms with Gasteiger partial charge in [0.1, 0.15) is 6.54 Å². The van der Waals surface area contributed by atoms with E-state index in [-0.39, 0.29) is 25.8 Å². The van der Waals surface area contributed by atoms with Crippen molar-refractivity contribution in [2.24, 2.45) is 0 Å². The van der Waals surface area contributed by atoms with E-state index in [0.29, 0.717) is 17.2 Å². The second kappa shape index (κ2) is 7.67. The van der Waals surface area contributed by atoms with Gasteiger partial charge < -0.3 is 14.8 Å². The number of benzene rings is 2. The molecule has 4 rings (SSSR count). The van der Waals surface area contributed by atoms with Crippen LogP contribution in [0.4, 0.5) is 0 Å². The summed E-state index contributed by atoms with van der Waals surface area (Å²) in [5.74, 6) is 0.923. The van der Waals surface area contributed by atoms with Crippen LogP contribution in [0.1, 0.15) is 11.1 Å². The number of fused-ring (bicyclic) bond motifs is 1. The molecule has 1 aromatic heterocycles. The lowest BCUT2D eigenvalue weighted by Crippen LogP contribution is -2.42. The van der Waals surface area contributed by atoms with Crippen molar-refractivity contribution in [3.05, 3.63) is 86.7 Å². The van der Waals surface area contributed by atoms with Gasteiger partial charge in [-0.3, -0.25) is 23.5 Å². The number of carbonyl (C=O) groups is 1. The van der Waals surface area contributed by atoms with Gasteiger partial charge in [-0.15, -0.1) is 0 Å². The standard InChI is InChI=1S/C21H19N3O5/c1-14-4-2-3-5-16(14)24-9-8-23(20(26)21(24)27)12-19(25)22-11-15-6-7-17-18(10-15)29-13-28-17/h2-10H,11-13H2,1H3,(H,22,25). The van der Waals surface area contributed by atoms with Gasteiger partial charge in [0.2, 0.25) is 12.7 Å². The van der Waals surface area contributed by atoms with Gasteiger partial charge in [-0.1, -0.05) is 24.3 Å². The molecule has 29 heavy (non-hydrogen) atoms. The molecule has 1 N–H and O–H groups in total. The van der Waals surface area contributed by atoms with Crippen LogP contribution in [0.5, 0.6) is 11.5 Å². The number of nitrogens with zero attached hydrogens (tertiary/aromatic N) is 2. The molecule has 0 bridgehead atoms. The van der Waals surface area contributed by atoms with Gasteiger partial charge in [0.15, 0.2) is 11.5 Å². The highest BCUT2D eigenvalue weighted by molar-refractivity contribution is 5.75. The van der Waals surface area contributed by atoms with Crippen molar-refractivity contribution in [1.29, 1.82) is 0 Å². The summed E-state index contributed by atoms with van der Waals surface area (Å²) < 4.78 is 13.0. The molecule has 0 unspecified atom stereocenters. The average molecular weight is 393 g/mol. The van der Waals surface area contributed by atoms with E-state index in [1.807, 2.05) is 25.1 Å². The van der Waals surface area contributed by atoms with Crippen LogP contribution in [-0.2, 0) is 17.9 Å². The van der Waals surface area contributed by atoms with Gasteiger partial charge in [0, 0.05) is 18.9 Å². The molecule has 0 saturated heterocycles. The molecule has 148 valence electrons. The van der Waals surface area contributed by atoms with Gasteiger partial charge in [0.25, 0.3) is 0 Å². The minimum absolute atomic E-state index is 0.183. The van der Waals surface area contributed by atoms with Crippen LogP contribution >= 0.6 is 0 Å². The molecule has 2 aromatic carbocycles.